The average Bonchev–Trinajstić information content (AvgIpc) is 2.82. The number of hydrogen-bond donors (Lipinski definition) is 3. The third-order valence-electron chi connectivity index (χ3n) is 5.10. The van der Waals surface area contributed by atoms with Gasteiger partial charge in [0.05, 0.1) is 6.26 Å². The first-order chi connectivity index (χ1) is 12.4. The highest BCUT2D eigenvalue weighted by molar-refractivity contribution is 7.88. The highest BCUT2D eigenvalue weighted by Crippen LogP contribution is 2.21. The Morgan fingerprint density at radius 3 is 1.88 bits per heavy atom. The van der Waals surface area contributed by atoms with E-state index in [0.717, 1.165) is 12.8 Å². The number of piperidine rings is 1. The SMILES string of the molecule is CS(=O)(=O)N1CCC(Nc2nc(N)nc(NC3CCCCCC3)n2)CC1. The maximum absolute atomic E-state index is 11.6. The first-order valence-corrected chi connectivity index (χ1v) is 11.2. The van der Waals surface area contributed by atoms with E-state index >= 15 is 0 Å². The second-order valence-corrected chi connectivity index (χ2v) is 9.24. The number of hydrogen-bond acceptors (Lipinski definition) is 8. The molecule has 10 heteroatoms. The first-order valence-electron chi connectivity index (χ1n) is 9.40. The average molecular weight is 384 g/mol. The fourth-order valence-corrected chi connectivity index (χ4v) is 4.52. The molecule has 0 spiro atoms. The van der Waals surface area contributed by atoms with Crippen LogP contribution in [0.2, 0.25) is 0 Å². The lowest BCUT2D eigenvalue weighted by Gasteiger charge is -2.30. The van der Waals surface area contributed by atoms with Gasteiger partial charge in [-0.15, -0.1) is 0 Å². The lowest BCUT2D eigenvalue weighted by Crippen LogP contribution is -2.42. The van der Waals surface area contributed by atoms with E-state index in [1.54, 1.807) is 0 Å². The summed E-state index contributed by atoms with van der Waals surface area (Å²) in [6, 6.07) is 0.505. The fraction of sp³-hybridized carbons (Fsp3) is 0.812. The van der Waals surface area contributed by atoms with Crippen molar-refractivity contribution in [1.29, 1.82) is 0 Å². The van der Waals surface area contributed by atoms with Gasteiger partial charge in [0.1, 0.15) is 0 Å². The number of nitrogens with zero attached hydrogens (tertiary/aromatic N) is 4. The summed E-state index contributed by atoms with van der Waals surface area (Å²) in [6.45, 7) is 1.01. The van der Waals surface area contributed by atoms with Gasteiger partial charge >= 0.3 is 0 Å². The third-order valence-corrected chi connectivity index (χ3v) is 6.40. The van der Waals surface area contributed by atoms with Crippen molar-refractivity contribution in [1.82, 2.24) is 19.3 Å². The monoisotopic (exact) mass is 383 g/mol. The minimum absolute atomic E-state index is 0.125. The maximum Gasteiger partial charge on any atom is 0.229 e. The smallest absolute Gasteiger partial charge is 0.229 e. The van der Waals surface area contributed by atoms with Gasteiger partial charge in [-0.05, 0) is 25.7 Å². The summed E-state index contributed by atoms with van der Waals surface area (Å²) in [4.78, 5) is 12.9. The zero-order chi connectivity index (χ0) is 18.6. The Balaban J connectivity index is 1.59. The fourth-order valence-electron chi connectivity index (χ4n) is 3.64. The molecule has 1 aromatic heterocycles. The molecule has 1 aromatic rings. The molecule has 4 N–H and O–H groups in total. The molecule has 1 saturated heterocycles. The highest BCUT2D eigenvalue weighted by Gasteiger charge is 2.25. The van der Waals surface area contributed by atoms with Crippen LogP contribution in [0, 0.1) is 0 Å². The van der Waals surface area contributed by atoms with Crippen LogP contribution in [0.15, 0.2) is 0 Å². The van der Waals surface area contributed by atoms with Gasteiger partial charge in [-0.1, -0.05) is 25.7 Å². The van der Waals surface area contributed by atoms with Gasteiger partial charge in [0, 0.05) is 25.2 Å². The Morgan fingerprint density at radius 1 is 0.885 bits per heavy atom. The predicted octanol–water partition coefficient (Wildman–Crippen LogP) is 1.42. The number of sulfonamides is 1. The summed E-state index contributed by atoms with van der Waals surface area (Å²) in [6.07, 6.45) is 9.95. The van der Waals surface area contributed by atoms with E-state index in [2.05, 4.69) is 25.6 Å². The van der Waals surface area contributed by atoms with Crippen molar-refractivity contribution >= 4 is 27.9 Å². The summed E-state index contributed by atoms with van der Waals surface area (Å²) in [7, 11) is -3.12. The summed E-state index contributed by atoms with van der Waals surface area (Å²) in [5.41, 5.74) is 5.85. The van der Waals surface area contributed by atoms with Gasteiger partial charge in [-0.2, -0.15) is 15.0 Å². The molecule has 9 nitrogen and oxygen atoms in total. The van der Waals surface area contributed by atoms with Crippen LogP contribution in [0.1, 0.15) is 51.4 Å². The molecule has 0 aromatic carbocycles. The van der Waals surface area contributed by atoms with Gasteiger partial charge in [0.15, 0.2) is 0 Å². The van der Waals surface area contributed by atoms with Gasteiger partial charge in [0.2, 0.25) is 27.9 Å². The van der Waals surface area contributed by atoms with E-state index in [9.17, 15) is 8.42 Å². The van der Waals surface area contributed by atoms with Crippen molar-refractivity contribution in [3.8, 4) is 0 Å². The lowest BCUT2D eigenvalue weighted by molar-refractivity contribution is 0.331. The van der Waals surface area contributed by atoms with Crippen LogP contribution < -0.4 is 16.4 Å². The van der Waals surface area contributed by atoms with Crippen molar-refractivity contribution in [3.05, 3.63) is 0 Å². The zero-order valence-corrected chi connectivity index (χ0v) is 16.1. The van der Waals surface area contributed by atoms with Gasteiger partial charge in [-0.25, -0.2) is 12.7 Å². The van der Waals surface area contributed by atoms with Gasteiger partial charge in [0.25, 0.3) is 0 Å². The summed E-state index contributed by atoms with van der Waals surface area (Å²) < 4.78 is 24.7. The van der Waals surface area contributed by atoms with E-state index in [0.29, 0.717) is 43.9 Å². The molecule has 2 heterocycles. The van der Waals surface area contributed by atoms with Crippen LogP contribution in [-0.2, 0) is 10.0 Å². The second kappa shape index (κ2) is 8.34. The standard InChI is InChI=1S/C16H29N7O2S/c1-26(24,25)23-10-8-13(9-11-23)19-16-21-14(17)20-15(22-16)18-12-6-4-2-3-5-7-12/h12-13H,2-11H2,1H3,(H4,17,18,19,20,21,22). The Hall–Kier alpha value is -1.68. The van der Waals surface area contributed by atoms with Crippen molar-refractivity contribution < 1.29 is 8.42 Å². The predicted molar refractivity (Wildman–Crippen MR) is 102 cm³/mol. The van der Waals surface area contributed by atoms with Gasteiger partial charge in [-0.3, -0.25) is 0 Å². The van der Waals surface area contributed by atoms with Gasteiger partial charge < -0.3 is 16.4 Å². The summed E-state index contributed by atoms with van der Waals surface area (Å²) in [5.74, 6) is 1.15. The second-order valence-electron chi connectivity index (χ2n) is 7.25. The Kier molecular flexibility index (Phi) is 6.13. The van der Waals surface area contributed by atoms with Crippen molar-refractivity contribution in [3.63, 3.8) is 0 Å². The molecule has 3 rings (SSSR count). The molecule has 0 radical (unpaired) electrons. The molecule has 2 fully saturated rings. The quantitative estimate of drug-likeness (QED) is 0.652. The molecule has 1 saturated carbocycles. The van der Waals surface area contributed by atoms with Crippen LogP contribution in [0.5, 0.6) is 0 Å². The molecular weight excluding hydrogens is 354 g/mol. The molecule has 2 aliphatic rings. The number of anilines is 3. The molecule has 0 bridgehead atoms. The van der Waals surface area contributed by atoms with Crippen LogP contribution in [-0.4, -0.2) is 59.1 Å². The summed E-state index contributed by atoms with van der Waals surface area (Å²) >= 11 is 0. The van der Waals surface area contributed by atoms with Crippen LogP contribution >= 0.6 is 0 Å². The molecule has 1 aliphatic heterocycles. The van der Waals surface area contributed by atoms with Crippen LogP contribution in [0.25, 0.3) is 0 Å². The van der Waals surface area contributed by atoms with Crippen molar-refractivity contribution in [2.75, 3.05) is 35.7 Å². The zero-order valence-electron chi connectivity index (χ0n) is 15.3. The van der Waals surface area contributed by atoms with E-state index in [4.69, 9.17) is 5.73 Å². The minimum Gasteiger partial charge on any atom is -0.368 e. The Morgan fingerprint density at radius 2 is 1.38 bits per heavy atom. The highest BCUT2D eigenvalue weighted by atomic mass is 32.2. The molecule has 0 atom stereocenters. The lowest BCUT2D eigenvalue weighted by atomic mass is 10.1. The van der Waals surface area contributed by atoms with Crippen molar-refractivity contribution in [2.45, 2.75) is 63.5 Å². The van der Waals surface area contributed by atoms with E-state index < -0.39 is 10.0 Å². The third kappa shape index (κ3) is 5.41. The normalized spacial score (nSPS) is 21.3. The van der Waals surface area contributed by atoms with E-state index in [1.807, 2.05) is 0 Å². The summed E-state index contributed by atoms with van der Waals surface area (Å²) in [5, 5.41) is 6.68. The number of aromatic nitrogens is 3. The molecule has 26 heavy (non-hydrogen) atoms. The number of nitrogen functional groups attached to an aromatic ring is 1. The molecular formula is C16H29N7O2S. The molecule has 1 aliphatic carbocycles. The Labute approximate surface area is 155 Å². The topological polar surface area (TPSA) is 126 Å². The van der Waals surface area contributed by atoms with Crippen LogP contribution in [0.3, 0.4) is 0 Å². The molecule has 146 valence electrons. The molecule has 0 unspecified atom stereocenters. The molecule has 0 amide bonds. The van der Waals surface area contributed by atoms with E-state index in [1.165, 1.54) is 36.2 Å². The van der Waals surface area contributed by atoms with Crippen molar-refractivity contribution in [2.24, 2.45) is 0 Å². The first kappa shape index (κ1) is 19.1. The minimum atomic E-state index is -3.12. The number of nitrogens with two attached hydrogens (primary N) is 1. The van der Waals surface area contributed by atoms with Crippen LogP contribution in [0.4, 0.5) is 17.8 Å². The number of rotatable bonds is 5. The maximum atomic E-state index is 11.6. The van der Waals surface area contributed by atoms with E-state index in [-0.39, 0.29) is 12.0 Å². The largest absolute Gasteiger partial charge is 0.368 e. The Bertz CT molecular complexity index is 697. The number of nitrogens with one attached hydrogen (secondary N) is 2.